The summed E-state index contributed by atoms with van der Waals surface area (Å²) in [5.74, 6) is 0.482. The Morgan fingerprint density at radius 3 is 2.27 bits per heavy atom. The number of ether oxygens (including phenoxy) is 2. The average Bonchev–Trinajstić information content (AvgIpc) is 2.30. The normalized spacial score (nSPS) is 26.8. The van der Waals surface area contributed by atoms with Crippen LogP contribution in [0.3, 0.4) is 0 Å². The fourth-order valence-electron chi connectivity index (χ4n) is 1.92. The molecule has 1 aliphatic rings. The zero-order valence-corrected chi connectivity index (χ0v) is 9.23. The maximum atomic E-state index is 8.97. The standard InChI is InChI=1S/C11H22O4/c12-5-6-14-7-8-15-11-3-1-10(9-13)2-4-11/h10-13H,1-9H2. The highest BCUT2D eigenvalue weighted by Gasteiger charge is 2.20. The molecule has 1 saturated carbocycles. The maximum absolute atomic E-state index is 8.97. The van der Waals surface area contributed by atoms with Gasteiger partial charge in [0, 0.05) is 6.61 Å². The van der Waals surface area contributed by atoms with Crippen LogP contribution in [0.5, 0.6) is 0 Å². The van der Waals surface area contributed by atoms with Crippen molar-refractivity contribution in [2.45, 2.75) is 31.8 Å². The van der Waals surface area contributed by atoms with Gasteiger partial charge in [-0.2, -0.15) is 0 Å². The van der Waals surface area contributed by atoms with E-state index in [9.17, 15) is 0 Å². The molecular weight excluding hydrogens is 196 g/mol. The van der Waals surface area contributed by atoms with Gasteiger partial charge in [0.25, 0.3) is 0 Å². The lowest BCUT2D eigenvalue weighted by Crippen LogP contribution is -2.24. The Labute approximate surface area is 91.2 Å². The molecule has 0 saturated heterocycles. The van der Waals surface area contributed by atoms with E-state index in [1.54, 1.807) is 0 Å². The molecule has 0 spiro atoms. The van der Waals surface area contributed by atoms with Gasteiger partial charge in [-0.15, -0.1) is 0 Å². The molecule has 4 heteroatoms. The van der Waals surface area contributed by atoms with Crippen molar-refractivity contribution in [1.82, 2.24) is 0 Å². The Morgan fingerprint density at radius 2 is 1.67 bits per heavy atom. The van der Waals surface area contributed by atoms with E-state index in [4.69, 9.17) is 19.7 Å². The number of hydrogen-bond donors (Lipinski definition) is 2. The minimum atomic E-state index is 0.0710. The summed E-state index contributed by atoms with van der Waals surface area (Å²) in [6.45, 7) is 1.93. The van der Waals surface area contributed by atoms with Gasteiger partial charge in [0.15, 0.2) is 0 Å². The topological polar surface area (TPSA) is 58.9 Å². The van der Waals surface area contributed by atoms with Gasteiger partial charge in [0.2, 0.25) is 0 Å². The summed E-state index contributed by atoms with van der Waals surface area (Å²) in [6, 6.07) is 0. The second-order valence-corrected chi connectivity index (χ2v) is 4.03. The summed E-state index contributed by atoms with van der Waals surface area (Å²) in [7, 11) is 0. The van der Waals surface area contributed by atoms with Crippen LogP contribution >= 0.6 is 0 Å². The highest BCUT2D eigenvalue weighted by atomic mass is 16.5. The Hall–Kier alpha value is -0.160. The summed E-state index contributed by atoms with van der Waals surface area (Å²) >= 11 is 0. The monoisotopic (exact) mass is 218 g/mol. The van der Waals surface area contributed by atoms with E-state index in [0.29, 0.717) is 38.4 Å². The van der Waals surface area contributed by atoms with Crippen LogP contribution in [0.1, 0.15) is 25.7 Å². The highest BCUT2D eigenvalue weighted by molar-refractivity contribution is 4.72. The molecule has 0 aromatic heterocycles. The SMILES string of the molecule is OCCOCCOC1CCC(CO)CC1. The van der Waals surface area contributed by atoms with Crippen LogP contribution in [-0.2, 0) is 9.47 Å². The van der Waals surface area contributed by atoms with Gasteiger partial charge in [-0.25, -0.2) is 0 Å². The number of rotatable bonds is 7. The summed E-state index contributed by atoms with van der Waals surface area (Å²) in [6.07, 6.45) is 4.57. The lowest BCUT2D eigenvalue weighted by atomic mass is 9.88. The molecule has 0 atom stereocenters. The second kappa shape index (κ2) is 8.05. The molecule has 1 rings (SSSR count). The molecule has 2 N–H and O–H groups in total. The average molecular weight is 218 g/mol. The van der Waals surface area contributed by atoms with Crippen LogP contribution in [0.15, 0.2) is 0 Å². The Balaban J connectivity index is 1.94. The van der Waals surface area contributed by atoms with Crippen molar-refractivity contribution < 1.29 is 19.7 Å². The van der Waals surface area contributed by atoms with E-state index in [1.165, 1.54) is 0 Å². The van der Waals surface area contributed by atoms with Gasteiger partial charge in [-0.1, -0.05) is 0 Å². The molecule has 1 aliphatic carbocycles. The first-order valence-corrected chi connectivity index (χ1v) is 5.78. The fourth-order valence-corrected chi connectivity index (χ4v) is 1.92. The number of hydrogen-bond acceptors (Lipinski definition) is 4. The minimum absolute atomic E-state index is 0.0710. The molecule has 15 heavy (non-hydrogen) atoms. The molecular formula is C11H22O4. The van der Waals surface area contributed by atoms with Crippen LogP contribution in [0, 0.1) is 5.92 Å². The van der Waals surface area contributed by atoms with Crippen LogP contribution in [-0.4, -0.2) is 49.4 Å². The van der Waals surface area contributed by atoms with Crippen molar-refractivity contribution in [2.75, 3.05) is 33.0 Å². The van der Waals surface area contributed by atoms with Crippen molar-refractivity contribution in [2.24, 2.45) is 5.92 Å². The highest BCUT2D eigenvalue weighted by Crippen LogP contribution is 2.25. The molecule has 0 radical (unpaired) electrons. The Morgan fingerprint density at radius 1 is 0.933 bits per heavy atom. The van der Waals surface area contributed by atoms with Crippen molar-refractivity contribution in [1.29, 1.82) is 0 Å². The van der Waals surface area contributed by atoms with Crippen LogP contribution < -0.4 is 0 Å². The lowest BCUT2D eigenvalue weighted by molar-refractivity contribution is -0.0241. The summed E-state index contributed by atoms with van der Waals surface area (Å²) < 4.78 is 10.7. The summed E-state index contributed by atoms with van der Waals surface area (Å²) in [5.41, 5.74) is 0. The van der Waals surface area contributed by atoms with E-state index >= 15 is 0 Å². The van der Waals surface area contributed by atoms with E-state index in [-0.39, 0.29) is 6.61 Å². The van der Waals surface area contributed by atoms with Crippen molar-refractivity contribution in [3.8, 4) is 0 Å². The molecule has 0 unspecified atom stereocenters. The molecule has 0 aliphatic heterocycles. The molecule has 4 nitrogen and oxygen atoms in total. The van der Waals surface area contributed by atoms with Gasteiger partial charge in [0.1, 0.15) is 0 Å². The Bertz CT molecular complexity index is 144. The predicted molar refractivity (Wildman–Crippen MR) is 56.7 cm³/mol. The zero-order chi connectivity index (χ0) is 10.9. The van der Waals surface area contributed by atoms with Crippen LogP contribution in [0.2, 0.25) is 0 Å². The smallest absolute Gasteiger partial charge is 0.0704 e. The zero-order valence-electron chi connectivity index (χ0n) is 9.23. The van der Waals surface area contributed by atoms with E-state index in [2.05, 4.69) is 0 Å². The van der Waals surface area contributed by atoms with Crippen molar-refractivity contribution in [3.63, 3.8) is 0 Å². The first-order chi connectivity index (χ1) is 7.36. The van der Waals surface area contributed by atoms with E-state index in [0.717, 1.165) is 25.7 Å². The van der Waals surface area contributed by atoms with Gasteiger partial charge < -0.3 is 19.7 Å². The third kappa shape index (κ3) is 5.47. The van der Waals surface area contributed by atoms with Gasteiger partial charge in [-0.05, 0) is 31.6 Å². The van der Waals surface area contributed by atoms with E-state index < -0.39 is 0 Å². The van der Waals surface area contributed by atoms with Gasteiger partial charge in [0.05, 0.1) is 32.5 Å². The molecule has 0 amide bonds. The van der Waals surface area contributed by atoms with E-state index in [1.807, 2.05) is 0 Å². The number of aliphatic hydroxyl groups is 2. The first-order valence-electron chi connectivity index (χ1n) is 5.78. The molecule has 1 fully saturated rings. The van der Waals surface area contributed by atoms with Gasteiger partial charge >= 0.3 is 0 Å². The summed E-state index contributed by atoms with van der Waals surface area (Å²) in [5, 5.41) is 17.4. The molecule has 0 heterocycles. The number of aliphatic hydroxyl groups excluding tert-OH is 2. The Kier molecular flexibility index (Phi) is 6.92. The first kappa shape index (κ1) is 12.9. The predicted octanol–water partition coefficient (Wildman–Crippen LogP) is 0.563. The quantitative estimate of drug-likeness (QED) is 0.613. The van der Waals surface area contributed by atoms with Crippen molar-refractivity contribution >= 4 is 0 Å². The fraction of sp³-hybridized carbons (Fsp3) is 1.00. The largest absolute Gasteiger partial charge is 0.396 e. The lowest BCUT2D eigenvalue weighted by Gasteiger charge is -2.27. The third-order valence-corrected chi connectivity index (χ3v) is 2.87. The van der Waals surface area contributed by atoms with Crippen molar-refractivity contribution in [3.05, 3.63) is 0 Å². The maximum Gasteiger partial charge on any atom is 0.0704 e. The molecule has 0 bridgehead atoms. The van der Waals surface area contributed by atoms with Crippen LogP contribution in [0.25, 0.3) is 0 Å². The van der Waals surface area contributed by atoms with Gasteiger partial charge in [-0.3, -0.25) is 0 Å². The minimum Gasteiger partial charge on any atom is -0.396 e. The molecule has 0 aromatic rings. The summed E-state index contributed by atoms with van der Waals surface area (Å²) in [4.78, 5) is 0. The molecule has 90 valence electrons. The third-order valence-electron chi connectivity index (χ3n) is 2.87. The van der Waals surface area contributed by atoms with Crippen LogP contribution in [0.4, 0.5) is 0 Å². The molecule has 0 aromatic carbocycles. The second-order valence-electron chi connectivity index (χ2n) is 4.03.